The molecule has 0 aliphatic heterocycles. The average molecular weight is 450 g/mol. The molecule has 3 aromatic heterocycles. The normalized spacial score (nSPS) is 12.2. The Labute approximate surface area is 170 Å². The first-order valence-corrected chi connectivity index (χ1v) is 9.38. The molecule has 13 heteroatoms. The lowest BCUT2D eigenvalue weighted by molar-refractivity contribution is -0.158. The topological polar surface area (TPSA) is 139 Å². The van der Waals surface area contributed by atoms with Crippen molar-refractivity contribution < 1.29 is 10.2 Å². The monoisotopic (exact) mass is 449 g/mol. The number of halogens is 1. The summed E-state index contributed by atoms with van der Waals surface area (Å²) < 4.78 is 1.76. The minimum Gasteiger partial charge on any atom is -0.369 e. The maximum absolute atomic E-state index is 10.2. The summed E-state index contributed by atoms with van der Waals surface area (Å²) in [6.07, 6.45) is 4.74. The lowest BCUT2D eigenvalue weighted by atomic mass is 10.0. The molecule has 3 rings (SSSR count). The van der Waals surface area contributed by atoms with Crippen molar-refractivity contribution in [3.8, 4) is 0 Å². The number of nitrogens with one attached hydrogen (secondary N) is 2. The highest BCUT2D eigenvalue weighted by Gasteiger charge is 2.32. The van der Waals surface area contributed by atoms with E-state index in [4.69, 9.17) is 0 Å². The number of anilines is 3. The first kappa shape index (κ1) is 20.2. The molecular weight excluding hydrogens is 429 g/mol. The van der Waals surface area contributed by atoms with E-state index in [1.165, 1.54) is 12.6 Å². The van der Waals surface area contributed by atoms with E-state index in [1.807, 2.05) is 20.8 Å². The maximum Gasteiger partial charge on any atom is 0.230 e. The van der Waals surface area contributed by atoms with Crippen LogP contribution in [0.25, 0.3) is 0 Å². The zero-order valence-corrected chi connectivity index (χ0v) is 17.5. The van der Waals surface area contributed by atoms with Crippen LogP contribution in [0.5, 0.6) is 0 Å². The van der Waals surface area contributed by atoms with E-state index in [2.05, 4.69) is 51.8 Å². The van der Waals surface area contributed by atoms with E-state index in [0.29, 0.717) is 28.3 Å². The largest absolute Gasteiger partial charge is 0.369 e. The molecule has 28 heavy (non-hydrogen) atoms. The van der Waals surface area contributed by atoms with Gasteiger partial charge in [-0.2, -0.15) is 25.1 Å². The van der Waals surface area contributed by atoms with Crippen LogP contribution < -0.4 is 10.6 Å². The van der Waals surface area contributed by atoms with Crippen LogP contribution in [0.2, 0.25) is 0 Å². The van der Waals surface area contributed by atoms with E-state index in [-0.39, 0.29) is 5.95 Å². The summed E-state index contributed by atoms with van der Waals surface area (Å²) in [5.41, 5.74) is -0.212. The Morgan fingerprint density at radius 3 is 2.54 bits per heavy atom. The molecule has 0 atom stereocenters. The second-order valence-corrected chi connectivity index (χ2v) is 7.57. The van der Waals surface area contributed by atoms with Crippen molar-refractivity contribution >= 4 is 41.4 Å². The zero-order valence-electron chi connectivity index (χ0n) is 15.9. The SMILES string of the molecule is BC(O)(O)n1nc(C(C)(C)n2nccn2)cc1Nc1ncc(Br)c(NCC)n1. The minimum absolute atomic E-state index is 0.270. The molecule has 0 radical (unpaired) electrons. The van der Waals surface area contributed by atoms with Crippen LogP contribution in [0.4, 0.5) is 17.6 Å². The summed E-state index contributed by atoms with van der Waals surface area (Å²) in [6, 6.07) is 1.67. The molecule has 0 amide bonds. The molecule has 0 bridgehead atoms. The molecule has 11 nitrogen and oxygen atoms in total. The van der Waals surface area contributed by atoms with Crippen molar-refractivity contribution in [1.29, 1.82) is 0 Å². The lowest BCUT2D eigenvalue weighted by Crippen LogP contribution is -2.36. The van der Waals surface area contributed by atoms with Gasteiger partial charge in [-0.1, -0.05) is 0 Å². The average Bonchev–Trinajstić information content (AvgIpc) is 3.28. The number of aromatic nitrogens is 7. The Morgan fingerprint density at radius 2 is 1.93 bits per heavy atom. The predicted octanol–water partition coefficient (Wildman–Crippen LogP) is 0.171. The van der Waals surface area contributed by atoms with Gasteiger partial charge in [0, 0.05) is 18.8 Å². The number of nitrogens with zero attached hydrogens (tertiary/aromatic N) is 7. The molecular formula is C15H21BBrN9O2. The smallest absolute Gasteiger partial charge is 0.230 e. The van der Waals surface area contributed by atoms with Crippen molar-refractivity contribution in [3.05, 3.63) is 34.8 Å². The molecule has 0 fully saturated rings. The fourth-order valence-corrected chi connectivity index (χ4v) is 2.86. The summed E-state index contributed by atoms with van der Waals surface area (Å²) >= 11 is 3.39. The van der Waals surface area contributed by atoms with Crippen molar-refractivity contribution in [1.82, 2.24) is 34.7 Å². The number of hydrogen-bond donors (Lipinski definition) is 4. The predicted molar refractivity (Wildman–Crippen MR) is 109 cm³/mol. The number of aliphatic hydroxyl groups is 2. The van der Waals surface area contributed by atoms with Gasteiger partial charge in [-0.25, -0.2) is 9.67 Å². The molecule has 3 aromatic rings. The number of rotatable bonds is 7. The Morgan fingerprint density at radius 1 is 1.25 bits per heavy atom. The third-order valence-electron chi connectivity index (χ3n) is 3.98. The summed E-state index contributed by atoms with van der Waals surface area (Å²) in [4.78, 5) is 10.1. The van der Waals surface area contributed by atoms with Crippen molar-refractivity contribution in [2.24, 2.45) is 0 Å². The molecule has 0 aliphatic rings. The van der Waals surface area contributed by atoms with Gasteiger partial charge >= 0.3 is 0 Å². The molecule has 3 heterocycles. The Hall–Kier alpha value is -2.51. The minimum atomic E-state index is -2.24. The molecule has 148 valence electrons. The number of hydrogen-bond acceptors (Lipinski definition) is 9. The molecule has 0 unspecified atom stereocenters. The van der Waals surface area contributed by atoms with Crippen LogP contribution in [0, 0.1) is 0 Å². The highest BCUT2D eigenvalue weighted by atomic mass is 79.9. The van der Waals surface area contributed by atoms with Crippen LogP contribution in [-0.4, -0.2) is 59.3 Å². The molecule has 4 N–H and O–H groups in total. The molecule has 0 spiro atoms. The quantitative estimate of drug-likeness (QED) is 0.293. The third-order valence-corrected chi connectivity index (χ3v) is 4.56. The van der Waals surface area contributed by atoms with Crippen molar-refractivity contribution in [3.63, 3.8) is 0 Å². The fraction of sp³-hybridized carbons (Fsp3) is 0.400. The first-order valence-electron chi connectivity index (χ1n) is 8.59. The van der Waals surface area contributed by atoms with E-state index in [1.54, 1.807) is 24.7 Å². The summed E-state index contributed by atoms with van der Waals surface area (Å²) in [7, 11) is 1.21. The Kier molecular flexibility index (Phi) is 5.41. The zero-order chi connectivity index (χ0) is 20.5. The van der Waals surface area contributed by atoms with Gasteiger partial charge in [-0.05, 0) is 36.7 Å². The molecule has 0 saturated carbocycles. The third kappa shape index (κ3) is 4.00. The first-order chi connectivity index (χ1) is 13.1. The lowest BCUT2D eigenvalue weighted by Gasteiger charge is -2.22. The summed E-state index contributed by atoms with van der Waals surface area (Å²) in [5, 5.41) is 39.1. The second kappa shape index (κ2) is 7.49. The highest BCUT2D eigenvalue weighted by Crippen LogP contribution is 2.29. The Bertz CT molecular complexity index is 953. The van der Waals surface area contributed by atoms with Gasteiger partial charge in [0.25, 0.3) is 0 Å². The van der Waals surface area contributed by atoms with Crippen molar-refractivity contribution in [2.75, 3.05) is 17.2 Å². The molecule has 0 aromatic carbocycles. The van der Waals surface area contributed by atoms with Gasteiger partial charge in [0.1, 0.15) is 17.2 Å². The van der Waals surface area contributed by atoms with E-state index in [9.17, 15) is 10.2 Å². The molecule has 0 saturated heterocycles. The van der Waals surface area contributed by atoms with Gasteiger partial charge in [0.2, 0.25) is 19.6 Å². The van der Waals surface area contributed by atoms with Gasteiger partial charge < -0.3 is 20.8 Å². The van der Waals surface area contributed by atoms with Crippen molar-refractivity contribution in [2.45, 2.75) is 32.1 Å². The van der Waals surface area contributed by atoms with E-state index >= 15 is 0 Å². The second-order valence-electron chi connectivity index (χ2n) is 6.72. The van der Waals surface area contributed by atoms with Crippen LogP contribution in [0.15, 0.2) is 29.1 Å². The van der Waals surface area contributed by atoms with Gasteiger partial charge in [-0.3, -0.25) is 0 Å². The summed E-state index contributed by atoms with van der Waals surface area (Å²) in [6.45, 7) is 6.38. The molecule has 0 aliphatic carbocycles. The van der Waals surface area contributed by atoms with E-state index < -0.39 is 11.3 Å². The van der Waals surface area contributed by atoms with Gasteiger partial charge in [0.05, 0.1) is 22.6 Å². The fourth-order valence-electron chi connectivity index (χ4n) is 2.53. The van der Waals surface area contributed by atoms with Crippen LogP contribution in [0.1, 0.15) is 26.5 Å². The van der Waals surface area contributed by atoms with Crippen LogP contribution in [-0.2, 0) is 11.3 Å². The standard InChI is InChI=1S/C15H21BBrN9O2/c1-4-18-12-9(17)8-19-13(23-12)22-11-7-10(24-25(11)15(16,27)28)14(2,3)26-20-5-6-21-26/h5-8,27-28H,4,16H2,1-3H3,(H2,18,19,22,23). The van der Waals surface area contributed by atoms with E-state index in [0.717, 1.165) is 4.68 Å². The highest BCUT2D eigenvalue weighted by molar-refractivity contribution is 9.10. The maximum atomic E-state index is 10.2. The van der Waals surface area contributed by atoms with Crippen LogP contribution >= 0.6 is 15.9 Å². The summed E-state index contributed by atoms with van der Waals surface area (Å²) in [5.74, 6) is -1.06. The van der Waals surface area contributed by atoms with Gasteiger partial charge in [-0.15, -0.1) is 0 Å². The Balaban J connectivity index is 2.01. The van der Waals surface area contributed by atoms with Crippen LogP contribution in [0.3, 0.4) is 0 Å². The van der Waals surface area contributed by atoms with Gasteiger partial charge in [0.15, 0.2) is 0 Å².